The van der Waals surface area contributed by atoms with Gasteiger partial charge in [-0.1, -0.05) is 23.5 Å². The molecule has 2 heterocycles. The Labute approximate surface area is 120 Å². The van der Waals surface area contributed by atoms with Crippen molar-refractivity contribution in [3.63, 3.8) is 0 Å². The molecule has 0 atom stereocenters. The van der Waals surface area contributed by atoms with Gasteiger partial charge in [0.1, 0.15) is 0 Å². The van der Waals surface area contributed by atoms with Crippen LogP contribution in [0.15, 0.2) is 24.3 Å². The van der Waals surface area contributed by atoms with Crippen LogP contribution in [0.5, 0.6) is 0 Å². The largest absolute Gasteiger partial charge is 0.368 e. The summed E-state index contributed by atoms with van der Waals surface area (Å²) in [4.78, 5) is 8.75. The predicted molar refractivity (Wildman–Crippen MR) is 82.3 cm³/mol. The molecule has 0 spiro atoms. The first-order valence-corrected chi connectivity index (χ1v) is 7.11. The van der Waals surface area contributed by atoms with Crippen LogP contribution in [0, 0.1) is 0 Å². The maximum absolute atomic E-state index is 5.93. The first-order valence-electron chi connectivity index (χ1n) is 6.29. The molecule has 3 aromatic rings. The highest BCUT2D eigenvalue weighted by molar-refractivity contribution is 7.20. The first-order chi connectivity index (χ1) is 9.42. The molecule has 7 heteroatoms. The zero-order valence-electron chi connectivity index (χ0n) is 11.6. The smallest absolute Gasteiger partial charge is 0.244 e. The molecule has 3 N–H and O–H groups in total. The molecule has 0 bridgehead atoms. The van der Waals surface area contributed by atoms with Gasteiger partial charge >= 0.3 is 0 Å². The van der Waals surface area contributed by atoms with Crippen LogP contribution in [0.3, 0.4) is 0 Å². The topological polar surface area (TPSA) is 81.6 Å². The minimum atomic E-state index is -0.119. The standard InChI is InChI=1S/C13H16N6S/c1-13(2,3)17-11-16-10(14)19(18-11)12-15-8-6-4-5-7-9(8)20-12/h4-7H,1-3H3,(H3,14,16,17,18). The van der Waals surface area contributed by atoms with E-state index in [4.69, 9.17) is 5.73 Å². The van der Waals surface area contributed by atoms with Crippen molar-refractivity contribution in [2.75, 3.05) is 11.1 Å². The quantitative estimate of drug-likeness (QED) is 0.757. The molecule has 0 fully saturated rings. The van der Waals surface area contributed by atoms with Crippen LogP contribution >= 0.6 is 11.3 Å². The Morgan fingerprint density at radius 3 is 2.65 bits per heavy atom. The van der Waals surface area contributed by atoms with Gasteiger partial charge in [0.15, 0.2) is 0 Å². The fraction of sp³-hybridized carbons (Fsp3) is 0.308. The molecule has 0 saturated carbocycles. The second-order valence-electron chi connectivity index (χ2n) is 5.54. The number of nitrogen functional groups attached to an aromatic ring is 1. The lowest BCUT2D eigenvalue weighted by molar-refractivity contribution is 0.625. The molecule has 0 radical (unpaired) electrons. The van der Waals surface area contributed by atoms with Gasteiger partial charge in [0.25, 0.3) is 0 Å². The third kappa shape index (κ3) is 2.44. The lowest BCUT2D eigenvalue weighted by atomic mass is 10.1. The van der Waals surface area contributed by atoms with Gasteiger partial charge in [-0.15, -0.1) is 5.10 Å². The van der Waals surface area contributed by atoms with Gasteiger partial charge in [0, 0.05) is 5.54 Å². The highest BCUT2D eigenvalue weighted by Crippen LogP contribution is 2.26. The van der Waals surface area contributed by atoms with Crippen molar-refractivity contribution in [1.82, 2.24) is 19.7 Å². The molecule has 6 nitrogen and oxygen atoms in total. The molecule has 3 rings (SSSR count). The van der Waals surface area contributed by atoms with E-state index < -0.39 is 0 Å². The molecule has 104 valence electrons. The van der Waals surface area contributed by atoms with E-state index in [1.807, 2.05) is 45.0 Å². The Balaban J connectivity index is 2.01. The summed E-state index contributed by atoms with van der Waals surface area (Å²) < 4.78 is 2.67. The molecule has 20 heavy (non-hydrogen) atoms. The highest BCUT2D eigenvalue weighted by Gasteiger charge is 2.16. The fourth-order valence-electron chi connectivity index (χ4n) is 1.80. The number of thiazole rings is 1. The average Bonchev–Trinajstić information content (AvgIpc) is 2.90. The maximum Gasteiger partial charge on any atom is 0.244 e. The molecular formula is C13H16N6S. The summed E-state index contributed by atoms with van der Waals surface area (Å²) in [6.07, 6.45) is 0. The van der Waals surface area contributed by atoms with Gasteiger partial charge in [-0.05, 0) is 32.9 Å². The summed E-state index contributed by atoms with van der Waals surface area (Å²) in [7, 11) is 0. The normalized spacial score (nSPS) is 11.9. The van der Waals surface area contributed by atoms with Gasteiger partial charge < -0.3 is 11.1 Å². The van der Waals surface area contributed by atoms with E-state index in [0.717, 1.165) is 15.3 Å². The minimum Gasteiger partial charge on any atom is -0.368 e. The lowest BCUT2D eigenvalue weighted by Gasteiger charge is -2.18. The summed E-state index contributed by atoms with van der Waals surface area (Å²) >= 11 is 1.54. The zero-order valence-corrected chi connectivity index (χ0v) is 12.4. The number of nitrogens with one attached hydrogen (secondary N) is 1. The van der Waals surface area contributed by atoms with Crippen molar-refractivity contribution in [2.45, 2.75) is 26.3 Å². The number of hydrogen-bond acceptors (Lipinski definition) is 6. The van der Waals surface area contributed by atoms with Gasteiger partial charge in [-0.25, -0.2) is 4.98 Å². The second-order valence-corrected chi connectivity index (χ2v) is 6.55. The number of anilines is 2. The van der Waals surface area contributed by atoms with E-state index in [-0.39, 0.29) is 5.54 Å². The van der Waals surface area contributed by atoms with Crippen LogP contribution in [-0.4, -0.2) is 25.3 Å². The van der Waals surface area contributed by atoms with E-state index in [0.29, 0.717) is 11.9 Å². The Hall–Kier alpha value is -2.15. The monoisotopic (exact) mass is 288 g/mol. The zero-order chi connectivity index (χ0) is 14.3. The number of fused-ring (bicyclic) bond motifs is 1. The van der Waals surface area contributed by atoms with Crippen molar-refractivity contribution >= 4 is 33.5 Å². The summed E-state index contributed by atoms with van der Waals surface area (Å²) in [5, 5.41) is 8.30. The van der Waals surface area contributed by atoms with E-state index in [2.05, 4.69) is 20.4 Å². The average molecular weight is 288 g/mol. The van der Waals surface area contributed by atoms with Gasteiger partial charge in [0.2, 0.25) is 17.0 Å². The number of hydrogen-bond donors (Lipinski definition) is 2. The molecule has 0 unspecified atom stereocenters. The molecule has 0 aliphatic heterocycles. The molecule has 1 aromatic carbocycles. The molecule has 0 saturated heterocycles. The van der Waals surface area contributed by atoms with Crippen molar-refractivity contribution in [1.29, 1.82) is 0 Å². The minimum absolute atomic E-state index is 0.119. The van der Waals surface area contributed by atoms with E-state index in [9.17, 15) is 0 Å². The summed E-state index contributed by atoms with van der Waals surface area (Å²) in [5.41, 5.74) is 6.75. The second kappa shape index (κ2) is 4.45. The van der Waals surface area contributed by atoms with Crippen LogP contribution in [0.1, 0.15) is 20.8 Å². The Morgan fingerprint density at radius 1 is 1.20 bits per heavy atom. The molecule has 2 aromatic heterocycles. The van der Waals surface area contributed by atoms with Crippen molar-refractivity contribution in [3.05, 3.63) is 24.3 Å². The SMILES string of the molecule is CC(C)(C)Nc1nc(N)n(-c2nc3ccccc3s2)n1. The van der Waals surface area contributed by atoms with E-state index in [1.165, 1.54) is 11.3 Å². The summed E-state index contributed by atoms with van der Waals surface area (Å²) in [6, 6.07) is 7.94. The van der Waals surface area contributed by atoms with E-state index >= 15 is 0 Å². The number of aromatic nitrogens is 4. The van der Waals surface area contributed by atoms with Gasteiger partial charge in [0.05, 0.1) is 10.2 Å². The number of nitrogens with zero attached hydrogens (tertiary/aromatic N) is 4. The van der Waals surface area contributed by atoms with Crippen LogP contribution in [0.4, 0.5) is 11.9 Å². The van der Waals surface area contributed by atoms with Crippen LogP contribution < -0.4 is 11.1 Å². The third-order valence-corrected chi connectivity index (χ3v) is 3.59. The predicted octanol–water partition coefficient (Wildman–Crippen LogP) is 2.67. The Bertz CT molecular complexity index is 719. The Kier molecular flexibility index (Phi) is 2.86. The number of nitrogens with two attached hydrogens (primary N) is 1. The van der Waals surface area contributed by atoms with Gasteiger partial charge in [-0.3, -0.25) is 0 Å². The van der Waals surface area contributed by atoms with E-state index in [1.54, 1.807) is 4.68 Å². The number of benzene rings is 1. The summed E-state index contributed by atoms with van der Waals surface area (Å²) in [6.45, 7) is 6.13. The van der Waals surface area contributed by atoms with Crippen LogP contribution in [-0.2, 0) is 0 Å². The van der Waals surface area contributed by atoms with Crippen LogP contribution in [0.2, 0.25) is 0 Å². The third-order valence-electron chi connectivity index (χ3n) is 2.58. The maximum atomic E-state index is 5.93. The van der Waals surface area contributed by atoms with Crippen molar-refractivity contribution in [2.24, 2.45) is 0 Å². The Morgan fingerprint density at radius 2 is 1.95 bits per heavy atom. The lowest BCUT2D eigenvalue weighted by Crippen LogP contribution is -2.26. The van der Waals surface area contributed by atoms with Gasteiger partial charge in [-0.2, -0.15) is 9.67 Å². The van der Waals surface area contributed by atoms with Crippen molar-refractivity contribution < 1.29 is 0 Å². The highest BCUT2D eigenvalue weighted by atomic mass is 32.1. The fourth-order valence-corrected chi connectivity index (χ4v) is 2.73. The van der Waals surface area contributed by atoms with Crippen molar-refractivity contribution in [3.8, 4) is 5.13 Å². The molecule has 0 amide bonds. The molecular weight excluding hydrogens is 272 g/mol. The number of para-hydroxylation sites is 1. The molecule has 0 aliphatic carbocycles. The molecule has 0 aliphatic rings. The number of rotatable bonds is 2. The summed E-state index contributed by atoms with van der Waals surface area (Å²) in [5.74, 6) is 0.838. The first kappa shape index (κ1) is 12.9. The van der Waals surface area contributed by atoms with Crippen LogP contribution in [0.25, 0.3) is 15.3 Å².